The van der Waals surface area contributed by atoms with Gasteiger partial charge in [-0.05, 0) is 34.1 Å². The monoisotopic (exact) mass is 243 g/mol. The summed E-state index contributed by atoms with van der Waals surface area (Å²) in [5, 5.41) is 0. The van der Waals surface area contributed by atoms with Crippen molar-refractivity contribution >= 4 is 27.6 Å². The molecule has 0 fully saturated rings. The molecule has 0 saturated heterocycles. The first kappa shape index (κ1) is 9.85. The summed E-state index contributed by atoms with van der Waals surface area (Å²) in [5.74, 6) is 0.785. The summed E-state index contributed by atoms with van der Waals surface area (Å²) in [6.45, 7) is 0. The third-order valence-corrected chi connectivity index (χ3v) is 2.04. The number of guanidine groups is 1. The van der Waals surface area contributed by atoms with Crippen molar-refractivity contribution in [1.29, 1.82) is 0 Å². The Morgan fingerprint density at radius 1 is 1.46 bits per heavy atom. The largest absolute Gasteiger partial charge is 0.497 e. The Bertz CT molecular complexity index is 334. The first-order chi connectivity index (χ1) is 6.13. The number of hydrogen-bond acceptors (Lipinski definition) is 2. The third kappa shape index (κ3) is 2.62. The van der Waals surface area contributed by atoms with Gasteiger partial charge in [-0.25, -0.2) is 4.99 Å². The Morgan fingerprint density at radius 3 is 2.62 bits per heavy atom. The lowest BCUT2D eigenvalue weighted by atomic mass is 10.3. The van der Waals surface area contributed by atoms with Crippen LogP contribution in [0.15, 0.2) is 27.7 Å². The molecule has 0 heterocycles. The molecule has 0 aliphatic rings. The van der Waals surface area contributed by atoms with Crippen LogP contribution < -0.4 is 16.2 Å². The fraction of sp³-hybridized carbons (Fsp3) is 0.125. The molecule has 1 rings (SSSR count). The molecule has 0 saturated carbocycles. The Morgan fingerprint density at radius 2 is 2.15 bits per heavy atom. The highest BCUT2D eigenvalue weighted by Gasteiger charge is 1.99. The van der Waals surface area contributed by atoms with E-state index >= 15 is 0 Å². The SMILES string of the molecule is COc1ccc(N=C(N)N)c(Br)c1. The van der Waals surface area contributed by atoms with Crippen molar-refractivity contribution in [2.75, 3.05) is 7.11 Å². The highest BCUT2D eigenvalue weighted by molar-refractivity contribution is 9.10. The molecule has 0 aliphatic carbocycles. The summed E-state index contributed by atoms with van der Waals surface area (Å²) in [4.78, 5) is 3.90. The molecule has 13 heavy (non-hydrogen) atoms. The van der Waals surface area contributed by atoms with Crippen molar-refractivity contribution < 1.29 is 4.74 Å². The number of aliphatic imine (C=N–C) groups is 1. The fourth-order valence-electron chi connectivity index (χ4n) is 0.844. The third-order valence-electron chi connectivity index (χ3n) is 1.40. The molecule has 4 nitrogen and oxygen atoms in total. The van der Waals surface area contributed by atoms with Crippen molar-refractivity contribution in [1.82, 2.24) is 0 Å². The summed E-state index contributed by atoms with van der Waals surface area (Å²) in [6.07, 6.45) is 0. The smallest absolute Gasteiger partial charge is 0.191 e. The summed E-state index contributed by atoms with van der Waals surface area (Å²) < 4.78 is 5.81. The van der Waals surface area contributed by atoms with Crippen LogP contribution >= 0.6 is 15.9 Å². The van der Waals surface area contributed by atoms with Gasteiger partial charge in [0.25, 0.3) is 0 Å². The maximum atomic E-state index is 5.24. The molecule has 0 spiro atoms. The van der Waals surface area contributed by atoms with Gasteiger partial charge in [-0.15, -0.1) is 0 Å². The van der Waals surface area contributed by atoms with Gasteiger partial charge in [-0.2, -0.15) is 0 Å². The van der Waals surface area contributed by atoms with Crippen molar-refractivity contribution in [3.63, 3.8) is 0 Å². The van der Waals surface area contributed by atoms with E-state index in [4.69, 9.17) is 16.2 Å². The van der Waals surface area contributed by atoms with E-state index in [9.17, 15) is 0 Å². The minimum atomic E-state index is 0.0332. The second kappa shape index (κ2) is 4.13. The molecule has 0 amide bonds. The van der Waals surface area contributed by atoms with Gasteiger partial charge >= 0.3 is 0 Å². The van der Waals surface area contributed by atoms with E-state index in [0.717, 1.165) is 10.2 Å². The van der Waals surface area contributed by atoms with Gasteiger partial charge in [-0.3, -0.25) is 0 Å². The average Bonchev–Trinajstić information content (AvgIpc) is 2.08. The number of methoxy groups -OCH3 is 1. The van der Waals surface area contributed by atoms with Crippen LogP contribution in [-0.4, -0.2) is 13.1 Å². The van der Waals surface area contributed by atoms with Gasteiger partial charge < -0.3 is 16.2 Å². The zero-order chi connectivity index (χ0) is 9.84. The zero-order valence-electron chi connectivity index (χ0n) is 7.12. The van der Waals surface area contributed by atoms with Gasteiger partial charge in [0.05, 0.1) is 12.8 Å². The van der Waals surface area contributed by atoms with Crippen LogP contribution in [-0.2, 0) is 0 Å². The highest BCUT2D eigenvalue weighted by Crippen LogP contribution is 2.28. The fourth-order valence-corrected chi connectivity index (χ4v) is 1.29. The van der Waals surface area contributed by atoms with E-state index in [0.29, 0.717) is 5.69 Å². The summed E-state index contributed by atoms with van der Waals surface area (Å²) in [6, 6.07) is 5.34. The van der Waals surface area contributed by atoms with Gasteiger partial charge in [0.1, 0.15) is 5.75 Å². The number of halogens is 1. The van der Waals surface area contributed by atoms with Gasteiger partial charge in [-0.1, -0.05) is 0 Å². The minimum Gasteiger partial charge on any atom is -0.497 e. The first-order valence-electron chi connectivity index (χ1n) is 3.56. The Labute approximate surface area is 84.7 Å². The number of hydrogen-bond donors (Lipinski definition) is 2. The van der Waals surface area contributed by atoms with Crippen LogP contribution in [0.5, 0.6) is 5.75 Å². The lowest BCUT2D eigenvalue weighted by molar-refractivity contribution is 0.414. The summed E-state index contributed by atoms with van der Waals surface area (Å²) >= 11 is 3.32. The second-order valence-corrected chi connectivity index (χ2v) is 3.21. The summed E-state index contributed by atoms with van der Waals surface area (Å²) in [7, 11) is 1.60. The normalized spacial score (nSPS) is 9.38. The van der Waals surface area contributed by atoms with E-state index in [1.807, 2.05) is 0 Å². The highest BCUT2D eigenvalue weighted by atomic mass is 79.9. The van der Waals surface area contributed by atoms with Crippen molar-refractivity contribution in [2.45, 2.75) is 0 Å². The number of nitrogens with zero attached hydrogens (tertiary/aromatic N) is 1. The van der Waals surface area contributed by atoms with E-state index in [1.165, 1.54) is 0 Å². The molecular weight excluding hydrogens is 234 g/mol. The predicted octanol–water partition coefficient (Wildman–Crippen LogP) is 1.36. The Hall–Kier alpha value is -1.23. The standard InChI is InChI=1S/C8H10BrN3O/c1-13-5-2-3-7(6(9)4-5)12-8(10)11/h2-4H,1H3,(H4,10,11,12). The van der Waals surface area contributed by atoms with Gasteiger partial charge in [0, 0.05) is 4.47 Å². The molecular formula is C8H10BrN3O. The van der Waals surface area contributed by atoms with Gasteiger partial charge in [0.15, 0.2) is 5.96 Å². The molecule has 0 atom stereocenters. The molecule has 0 bridgehead atoms. The maximum absolute atomic E-state index is 5.24. The number of ether oxygens (including phenoxy) is 1. The molecule has 0 aromatic heterocycles. The van der Waals surface area contributed by atoms with Crippen molar-refractivity contribution in [3.05, 3.63) is 22.7 Å². The lowest BCUT2D eigenvalue weighted by Crippen LogP contribution is -2.21. The van der Waals surface area contributed by atoms with E-state index < -0.39 is 0 Å². The molecule has 5 heteroatoms. The second-order valence-electron chi connectivity index (χ2n) is 2.35. The predicted molar refractivity (Wildman–Crippen MR) is 56.2 cm³/mol. The van der Waals surface area contributed by atoms with E-state index in [1.54, 1.807) is 25.3 Å². The summed E-state index contributed by atoms with van der Waals surface area (Å²) in [5.41, 5.74) is 11.2. The molecule has 1 aromatic rings. The molecule has 4 N–H and O–H groups in total. The number of benzene rings is 1. The van der Waals surface area contributed by atoms with E-state index in [2.05, 4.69) is 20.9 Å². The van der Waals surface area contributed by atoms with Crippen LogP contribution in [0.25, 0.3) is 0 Å². The Kier molecular flexibility index (Phi) is 3.13. The van der Waals surface area contributed by atoms with Crippen LogP contribution in [0.4, 0.5) is 5.69 Å². The lowest BCUT2D eigenvalue weighted by Gasteiger charge is -2.02. The Balaban J connectivity index is 3.05. The van der Waals surface area contributed by atoms with Crippen LogP contribution in [0.3, 0.4) is 0 Å². The molecule has 0 radical (unpaired) electrons. The van der Waals surface area contributed by atoms with Gasteiger partial charge in [0.2, 0.25) is 0 Å². The maximum Gasteiger partial charge on any atom is 0.191 e. The first-order valence-corrected chi connectivity index (χ1v) is 4.36. The number of rotatable bonds is 2. The van der Waals surface area contributed by atoms with Crippen LogP contribution in [0.2, 0.25) is 0 Å². The number of nitrogens with two attached hydrogens (primary N) is 2. The van der Waals surface area contributed by atoms with Crippen molar-refractivity contribution in [3.8, 4) is 5.75 Å². The van der Waals surface area contributed by atoms with Crippen LogP contribution in [0.1, 0.15) is 0 Å². The average molecular weight is 244 g/mol. The zero-order valence-corrected chi connectivity index (χ0v) is 8.71. The minimum absolute atomic E-state index is 0.0332. The quantitative estimate of drug-likeness (QED) is 0.609. The molecule has 1 aromatic carbocycles. The molecule has 0 unspecified atom stereocenters. The molecule has 0 aliphatic heterocycles. The van der Waals surface area contributed by atoms with Crippen LogP contribution in [0, 0.1) is 0 Å². The topological polar surface area (TPSA) is 73.6 Å². The van der Waals surface area contributed by atoms with Crippen molar-refractivity contribution in [2.24, 2.45) is 16.5 Å². The van der Waals surface area contributed by atoms with E-state index in [-0.39, 0.29) is 5.96 Å². The molecule has 70 valence electrons.